The number of hydrogen-bond acceptors (Lipinski definition) is 5. The molecule has 0 aliphatic carbocycles. The van der Waals surface area contributed by atoms with Gasteiger partial charge >= 0.3 is 12.1 Å². The van der Waals surface area contributed by atoms with Crippen LogP contribution in [0.4, 0.5) is 13.2 Å². The summed E-state index contributed by atoms with van der Waals surface area (Å²) in [4.78, 5) is 30.5. The molecule has 2 aromatic heterocycles. The van der Waals surface area contributed by atoms with E-state index in [1.807, 2.05) is 47.9 Å². The second kappa shape index (κ2) is 12.7. The number of carbonyl (C=O) groups excluding carboxylic acids is 1. The highest BCUT2D eigenvalue weighted by Gasteiger charge is 2.34. The van der Waals surface area contributed by atoms with Crippen LogP contribution in [0.2, 0.25) is 0 Å². The number of fused-ring (bicyclic) bond motifs is 3. The van der Waals surface area contributed by atoms with E-state index in [0.29, 0.717) is 44.0 Å². The Morgan fingerprint density at radius 1 is 1.02 bits per heavy atom. The van der Waals surface area contributed by atoms with Gasteiger partial charge < -0.3 is 14.6 Å². The average Bonchev–Trinajstić information content (AvgIpc) is 3.45. The van der Waals surface area contributed by atoms with Gasteiger partial charge in [-0.25, -0.2) is 0 Å². The lowest BCUT2D eigenvalue weighted by Crippen LogP contribution is -2.59. The number of carboxylic acid groups (broad SMARTS) is 1. The Balaban J connectivity index is 0.00000220. The van der Waals surface area contributed by atoms with Crippen LogP contribution in [0.1, 0.15) is 34.9 Å². The zero-order valence-corrected chi connectivity index (χ0v) is 24.6. The van der Waals surface area contributed by atoms with E-state index in [0.717, 1.165) is 39.6 Å². The number of halogens is 5. The number of nitrogens with zero attached hydrogens (tertiary/aromatic N) is 4. The summed E-state index contributed by atoms with van der Waals surface area (Å²) in [6.45, 7) is 6.74. The molecule has 13 heteroatoms. The summed E-state index contributed by atoms with van der Waals surface area (Å²) in [6, 6.07) is 10.6. The minimum absolute atomic E-state index is 0. The van der Waals surface area contributed by atoms with Crippen LogP contribution >= 0.6 is 36.2 Å². The first-order valence-corrected chi connectivity index (χ1v) is 13.6. The van der Waals surface area contributed by atoms with Gasteiger partial charge in [0.15, 0.2) is 0 Å². The van der Waals surface area contributed by atoms with E-state index in [1.54, 1.807) is 0 Å². The molecular weight excluding hydrogens is 588 g/mol. The molecule has 1 amide bonds. The Kier molecular flexibility index (Phi) is 10.2. The van der Waals surface area contributed by atoms with Crippen LogP contribution in [-0.4, -0.2) is 81.1 Å². The first kappa shape index (κ1) is 32.2. The number of rotatable bonds is 6. The normalized spacial score (nSPS) is 20.1. The van der Waals surface area contributed by atoms with Crippen molar-refractivity contribution in [3.05, 3.63) is 57.4 Å². The highest BCUT2D eigenvalue weighted by Crippen LogP contribution is 2.37. The van der Waals surface area contributed by atoms with Gasteiger partial charge in [-0.2, -0.15) is 13.2 Å². The van der Waals surface area contributed by atoms with Crippen molar-refractivity contribution < 1.29 is 27.9 Å². The lowest BCUT2D eigenvalue weighted by molar-refractivity contribution is -0.142. The van der Waals surface area contributed by atoms with Crippen LogP contribution in [0, 0.1) is 0 Å². The minimum Gasteiger partial charge on any atom is -0.480 e. The first-order chi connectivity index (χ1) is 18.0. The van der Waals surface area contributed by atoms with Crippen molar-refractivity contribution in [3.8, 4) is 0 Å². The van der Waals surface area contributed by atoms with Gasteiger partial charge in [0, 0.05) is 53.2 Å². The Hall–Kier alpha value is -2.31. The number of piperazine rings is 1. The Labute approximate surface area is 247 Å². The van der Waals surface area contributed by atoms with Crippen molar-refractivity contribution in [2.75, 3.05) is 32.7 Å². The van der Waals surface area contributed by atoms with Crippen molar-refractivity contribution >= 4 is 58.9 Å². The van der Waals surface area contributed by atoms with E-state index in [2.05, 4.69) is 9.47 Å². The predicted molar refractivity (Wildman–Crippen MR) is 154 cm³/mol. The van der Waals surface area contributed by atoms with Crippen molar-refractivity contribution in [3.63, 3.8) is 0 Å². The molecule has 0 spiro atoms. The number of para-hydroxylation sites is 1. The van der Waals surface area contributed by atoms with Gasteiger partial charge in [-0.1, -0.05) is 18.2 Å². The summed E-state index contributed by atoms with van der Waals surface area (Å²) >= 11 is 0.758. The van der Waals surface area contributed by atoms with Crippen LogP contribution in [0.25, 0.3) is 10.9 Å². The van der Waals surface area contributed by atoms with Gasteiger partial charge in [0.05, 0.1) is 26.2 Å². The molecule has 1 fully saturated rings. The quantitative estimate of drug-likeness (QED) is 0.421. The van der Waals surface area contributed by atoms with Gasteiger partial charge in [-0.3, -0.25) is 19.4 Å². The van der Waals surface area contributed by atoms with E-state index in [-0.39, 0.29) is 55.9 Å². The molecule has 1 saturated heterocycles. The third-order valence-electron chi connectivity index (χ3n) is 7.63. The van der Waals surface area contributed by atoms with Crippen LogP contribution < -0.4 is 0 Å². The summed E-state index contributed by atoms with van der Waals surface area (Å²) < 4.78 is 41.6. The molecule has 40 heavy (non-hydrogen) atoms. The number of hydrogen-bond donors (Lipinski definition) is 1. The monoisotopic (exact) mass is 620 g/mol. The number of alkyl halides is 3. The number of thiophene rings is 1. The number of carboxylic acids is 1. The SMILES string of the molecule is C[C@@H]1CN(CC(=O)N2CCc3c(n(Cc4ccc(C(F)(F)F)s4)c4ccccc34)C2)C[C@H](C)N1CC(=O)O.Cl.Cl. The van der Waals surface area contributed by atoms with Crippen LogP contribution in [0.3, 0.4) is 0 Å². The summed E-state index contributed by atoms with van der Waals surface area (Å²) in [7, 11) is 0. The lowest BCUT2D eigenvalue weighted by Gasteiger charge is -2.44. The Bertz CT molecular complexity index is 1350. The third-order valence-corrected chi connectivity index (χ3v) is 8.74. The molecule has 7 nitrogen and oxygen atoms in total. The fourth-order valence-corrected chi connectivity index (χ4v) is 6.78. The third kappa shape index (κ3) is 6.60. The van der Waals surface area contributed by atoms with Gasteiger partial charge in [0.25, 0.3) is 0 Å². The van der Waals surface area contributed by atoms with Crippen molar-refractivity contribution in [1.29, 1.82) is 0 Å². The van der Waals surface area contributed by atoms with Crippen molar-refractivity contribution in [2.45, 2.75) is 51.6 Å². The second-order valence-electron chi connectivity index (χ2n) is 10.3. The molecule has 1 aromatic carbocycles. The highest BCUT2D eigenvalue weighted by molar-refractivity contribution is 7.12. The van der Waals surface area contributed by atoms with E-state index < -0.39 is 17.0 Å². The summed E-state index contributed by atoms with van der Waals surface area (Å²) in [6.07, 6.45) is -3.68. The molecule has 0 radical (unpaired) electrons. The standard InChI is InChI=1S/C27H31F3N4O3S.2ClH/c1-17-11-31(12-18(2)33(17)16-26(36)37)15-25(35)32-10-9-21-20-5-3-4-6-22(20)34(23(21)14-32)13-19-7-8-24(38-19)27(28,29)30;;/h3-8,17-18H,9-16H2,1-2H3,(H,36,37);2*1H/t17-,18+;;. The molecule has 2 atom stereocenters. The first-order valence-electron chi connectivity index (χ1n) is 12.7. The van der Waals surface area contributed by atoms with Gasteiger partial charge in [0.1, 0.15) is 4.88 Å². The fraction of sp³-hybridized carbons (Fsp3) is 0.481. The molecule has 1 N–H and O–H groups in total. The topological polar surface area (TPSA) is 69.0 Å². The number of amides is 1. The summed E-state index contributed by atoms with van der Waals surface area (Å²) in [5.74, 6) is -0.848. The molecule has 4 heterocycles. The minimum atomic E-state index is -4.36. The molecule has 2 aliphatic rings. The molecule has 0 unspecified atom stereocenters. The van der Waals surface area contributed by atoms with Gasteiger partial charge in [0.2, 0.25) is 5.91 Å². The van der Waals surface area contributed by atoms with Crippen LogP contribution in [0.5, 0.6) is 0 Å². The Morgan fingerprint density at radius 2 is 1.70 bits per heavy atom. The molecule has 0 bridgehead atoms. The largest absolute Gasteiger partial charge is 0.480 e. The van der Waals surface area contributed by atoms with E-state index in [9.17, 15) is 27.9 Å². The lowest BCUT2D eigenvalue weighted by atomic mass is 10.0. The number of aromatic nitrogens is 1. The van der Waals surface area contributed by atoms with E-state index in [1.165, 1.54) is 6.07 Å². The molecular formula is C27H33Cl2F3N4O3S. The zero-order chi connectivity index (χ0) is 27.2. The highest BCUT2D eigenvalue weighted by atomic mass is 35.5. The van der Waals surface area contributed by atoms with Crippen molar-refractivity contribution in [2.24, 2.45) is 0 Å². The molecule has 0 saturated carbocycles. The predicted octanol–water partition coefficient (Wildman–Crippen LogP) is 4.98. The second-order valence-corrected chi connectivity index (χ2v) is 11.5. The number of aliphatic carboxylic acids is 1. The molecule has 5 rings (SSSR count). The number of benzene rings is 1. The van der Waals surface area contributed by atoms with E-state index >= 15 is 0 Å². The van der Waals surface area contributed by atoms with Crippen LogP contribution in [-0.2, 0) is 35.3 Å². The van der Waals surface area contributed by atoms with Crippen LogP contribution in [0.15, 0.2) is 36.4 Å². The molecule has 2 aliphatic heterocycles. The van der Waals surface area contributed by atoms with Gasteiger partial charge in [-0.05, 0) is 44.0 Å². The molecule has 220 valence electrons. The Morgan fingerprint density at radius 3 is 2.33 bits per heavy atom. The van der Waals surface area contributed by atoms with E-state index in [4.69, 9.17) is 0 Å². The maximum absolute atomic E-state index is 13.4. The van der Waals surface area contributed by atoms with Gasteiger partial charge in [-0.15, -0.1) is 36.2 Å². The zero-order valence-electron chi connectivity index (χ0n) is 22.2. The number of carbonyl (C=O) groups is 2. The maximum Gasteiger partial charge on any atom is 0.425 e. The van der Waals surface area contributed by atoms with Crippen molar-refractivity contribution in [1.82, 2.24) is 19.3 Å². The summed E-state index contributed by atoms with van der Waals surface area (Å²) in [5.41, 5.74) is 3.09. The molecule has 3 aromatic rings. The summed E-state index contributed by atoms with van der Waals surface area (Å²) in [5, 5.41) is 10.3. The smallest absolute Gasteiger partial charge is 0.425 e. The average molecular weight is 622 g/mol. The fourth-order valence-electron chi connectivity index (χ4n) is 5.91. The maximum atomic E-state index is 13.4.